The number of Topliss-reactive ketones (excluding diaryl/α,β-unsaturated/α-hetero) is 1. The van der Waals surface area contributed by atoms with E-state index in [0.717, 1.165) is 43.4 Å². The third kappa shape index (κ3) is 5.32. The lowest BCUT2D eigenvalue weighted by atomic mass is 9.71. The average Bonchev–Trinajstić information content (AvgIpc) is 2.90. The number of allylic oxidation sites excluding steroid dienone is 3. The number of esters is 1. The Labute approximate surface area is 228 Å². The molecule has 38 heavy (non-hydrogen) atoms. The lowest BCUT2D eigenvalue weighted by Gasteiger charge is -2.37. The summed E-state index contributed by atoms with van der Waals surface area (Å²) in [6.45, 7) is 4.09. The number of nitrogens with one attached hydrogen (secondary N) is 1. The third-order valence-electron chi connectivity index (χ3n) is 7.83. The van der Waals surface area contributed by atoms with Gasteiger partial charge in [0.1, 0.15) is 6.10 Å². The highest BCUT2D eigenvalue weighted by molar-refractivity contribution is 6.30. The molecule has 2 aliphatic carbocycles. The van der Waals surface area contributed by atoms with E-state index in [1.807, 2.05) is 38.1 Å². The van der Waals surface area contributed by atoms with Crippen molar-refractivity contribution in [1.82, 2.24) is 5.32 Å². The smallest absolute Gasteiger partial charge is 0.337 e. The number of ketones is 1. The molecule has 200 valence electrons. The SMILES string of the molecule is CCOc1cc([C@@H]2C(C(=O)OC3CCCCC3)=C(C)NC3=C2C(=O)C[C@@H](c2ccc(Cl)cc2)C3)ccc1O. The van der Waals surface area contributed by atoms with Gasteiger partial charge in [-0.3, -0.25) is 4.79 Å². The van der Waals surface area contributed by atoms with Crippen LogP contribution in [-0.4, -0.2) is 29.6 Å². The van der Waals surface area contributed by atoms with Crippen molar-refractivity contribution < 1.29 is 24.2 Å². The van der Waals surface area contributed by atoms with Gasteiger partial charge < -0.3 is 19.9 Å². The molecule has 3 aliphatic rings. The molecule has 0 radical (unpaired) electrons. The standard InChI is InChI=1S/C31H34ClNO5/c1-3-37-27-17-20(11-14-25(27)34)29-28(31(36)38-23-7-5-4-6-8-23)18(2)33-24-15-21(16-26(35)30(24)29)19-9-12-22(32)13-10-19/h9-14,17,21,23,29,33-34H,3-8,15-16H2,1-2H3/t21-,29+/m0/s1. The summed E-state index contributed by atoms with van der Waals surface area (Å²) < 4.78 is 11.7. The molecule has 0 unspecified atom stereocenters. The fourth-order valence-corrected chi connectivity index (χ4v) is 6.12. The van der Waals surface area contributed by atoms with E-state index >= 15 is 0 Å². The molecule has 2 aromatic rings. The Morgan fingerprint density at radius 1 is 1.05 bits per heavy atom. The van der Waals surface area contributed by atoms with Crippen LogP contribution in [0.3, 0.4) is 0 Å². The second-order valence-corrected chi connectivity index (χ2v) is 10.8. The van der Waals surface area contributed by atoms with E-state index in [4.69, 9.17) is 21.1 Å². The van der Waals surface area contributed by atoms with Crippen LogP contribution in [0, 0.1) is 0 Å². The summed E-state index contributed by atoms with van der Waals surface area (Å²) >= 11 is 6.09. The normalized spacial score (nSPS) is 22.1. The van der Waals surface area contributed by atoms with Gasteiger partial charge in [-0.15, -0.1) is 0 Å². The number of carbonyl (C=O) groups is 2. The summed E-state index contributed by atoms with van der Waals surface area (Å²) in [5, 5.41) is 14.4. The monoisotopic (exact) mass is 535 g/mol. The first-order valence-electron chi connectivity index (χ1n) is 13.5. The van der Waals surface area contributed by atoms with Crippen LogP contribution in [0.5, 0.6) is 11.5 Å². The van der Waals surface area contributed by atoms with Crippen LogP contribution in [0.2, 0.25) is 5.02 Å². The number of rotatable bonds is 6. The third-order valence-corrected chi connectivity index (χ3v) is 8.08. The molecule has 5 rings (SSSR count). The van der Waals surface area contributed by atoms with Crippen molar-refractivity contribution in [3.05, 3.63) is 81.2 Å². The van der Waals surface area contributed by atoms with Gasteiger partial charge in [-0.2, -0.15) is 0 Å². The molecule has 2 aromatic carbocycles. The molecule has 7 heteroatoms. The zero-order chi connectivity index (χ0) is 26.8. The molecular formula is C31H34ClNO5. The van der Waals surface area contributed by atoms with Crippen LogP contribution < -0.4 is 10.1 Å². The van der Waals surface area contributed by atoms with Gasteiger partial charge in [-0.05, 0) is 87.3 Å². The van der Waals surface area contributed by atoms with Crippen molar-refractivity contribution >= 4 is 23.4 Å². The van der Waals surface area contributed by atoms with E-state index in [2.05, 4.69) is 5.32 Å². The Kier molecular flexibility index (Phi) is 7.80. The van der Waals surface area contributed by atoms with Crippen molar-refractivity contribution in [1.29, 1.82) is 0 Å². The Bertz CT molecular complexity index is 1290. The van der Waals surface area contributed by atoms with Crippen molar-refractivity contribution in [2.45, 2.75) is 76.7 Å². The second kappa shape index (κ2) is 11.2. The maximum Gasteiger partial charge on any atom is 0.337 e. The highest BCUT2D eigenvalue weighted by atomic mass is 35.5. The van der Waals surface area contributed by atoms with E-state index in [9.17, 15) is 14.7 Å². The number of carbonyl (C=O) groups excluding carboxylic acids is 2. The molecule has 0 spiro atoms. The highest BCUT2D eigenvalue weighted by Gasteiger charge is 2.42. The van der Waals surface area contributed by atoms with Crippen molar-refractivity contribution in [3.8, 4) is 11.5 Å². The summed E-state index contributed by atoms with van der Waals surface area (Å²) in [6.07, 6.45) is 5.84. The first-order chi connectivity index (χ1) is 18.4. The lowest BCUT2D eigenvalue weighted by molar-refractivity contribution is -0.146. The van der Waals surface area contributed by atoms with Crippen LogP contribution in [0.15, 0.2) is 65.0 Å². The quantitative estimate of drug-likeness (QED) is 0.401. The van der Waals surface area contributed by atoms with E-state index in [0.29, 0.717) is 52.6 Å². The molecule has 1 heterocycles. The first kappa shape index (κ1) is 26.4. The van der Waals surface area contributed by atoms with Crippen molar-refractivity contribution in [2.24, 2.45) is 0 Å². The van der Waals surface area contributed by atoms with Gasteiger partial charge in [0.25, 0.3) is 0 Å². The van der Waals surface area contributed by atoms with Gasteiger partial charge in [0.2, 0.25) is 0 Å². The number of phenolic OH excluding ortho intramolecular Hbond substituents is 1. The van der Waals surface area contributed by atoms with Crippen LogP contribution >= 0.6 is 11.6 Å². The first-order valence-corrected chi connectivity index (χ1v) is 13.9. The Balaban J connectivity index is 1.55. The van der Waals surface area contributed by atoms with Crippen LogP contribution in [0.25, 0.3) is 0 Å². The fourth-order valence-electron chi connectivity index (χ4n) is 5.99. The Morgan fingerprint density at radius 3 is 2.47 bits per heavy atom. The summed E-state index contributed by atoms with van der Waals surface area (Å²) in [7, 11) is 0. The van der Waals surface area contributed by atoms with Crippen molar-refractivity contribution in [3.63, 3.8) is 0 Å². The highest BCUT2D eigenvalue weighted by Crippen LogP contribution is 2.47. The molecule has 1 aliphatic heterocycles. The van der Waals surface area contributed by atoms with Gasteiger partial charge in [0.15, 0.2) is 17.3 Å². The Hall–Kier alpha value is -3.25. The number of hydrogen-bond donors (Lipinski definition) is 2. The molecule has 6 nitrogen and oxygen atoms in total. The van der Waals surface area contributed by atoms with Crippen LogP contribution in [-0.2, 0) is 14.3 Å². The predicted octanol–water partition coefficient (Wildman–Crippen LogP) is 6.68. The number of ether oxygens (including phenoxy) is 2. The largest absolute Gasteiger partial charge is 0.504 e. The van der Waals surface area contributed by atoms with E-state index in [1.54, 1.807) is 18.2 Å². The Morgan fingerprint density at radius 2 is 1.76 bits per heavy atom. The fraction of sp³-hybridized carbons (Fsp3) is 0.419. The molecule has 0 amide bonds. The molecule has 1 fully saturated rings. The molecular weight excluding hydrogens is 502 g/mol. The molecule has 2 N–H and O–H groups in total. The summed E-state index contributed by atoms with van der Waals surface area (Å²) in [6, 6.07) is 12.7. The van der Waals surface area contributed by atoms with E-state index < -0.39 is 11.9 Å². The number of halogens is 1. The molecule has 0 saturated heterocycles. The minimum absolute atomic E-state index is 0.00834. The predicted molar refractivity (Wildman–Crippen MR) is 146 cm³/mol. The van der Waals surface area contributed by atoms with Gasteiger partial charge in [0, 0.05) is 34.3 Å². The second-order valence-electron chi connectivity index (χ2n) is 10.4. The molecule has 2 atom stereocenters. The number of phenols is 1. The number of hydrogen-bond acceptors (Lipinski definition) is 6. The summed E-state index contributed by atoms with van der Waals surface area (Å²) in [5.74, 6) is -0.661. The number of benzene rings is 2. The maximum atomic E-state index is 13.8. The topological polar surface area (TPSA) is 84.9 Å². The zero-order valence-corrected chi connectivity index (χ0v) is 22.6. The van der Waals surface area contributed by atoms with Gasteiger partial charge in [-0.25, -0.2) is 4.79 Å². The minimum atomic E-state index is -0.610. The summed E-state index contributed by atoms with van der Waals surface area (Å²) in [5.41, 5.74) is 4.31. The van der Waals surface area contributed by atoms with E-state index in [-0.39, 0.29) is 23.6 Å². The number of dihydropyridines is 1. The van der Waals surface area contributed by atoms with Gasteiger partial charge in [0.05, 0.1) is 12.2 Å². The number of aromatic hydroxyl groups is 1. The zero-order valence-electron chi connectivity index (χ0n) is 21.9. The van der Waals surface area contributed by atoms with Gasteiger partial charge in [-0.1, -0.05) is 36.2 Å². The molecule has 0 aromatic heterocycles. The maximum absolute atomic E-state index is 13.8. The molecule has 0 bridgehead atoms. The lowest BCUT2D eigenvalue weighted by Crippen LogP contribution is -2.37. The van der Waals surface area contributed by atoms with Crippen LogP contribution in [0.1, 0.15) is 81.8 Å². The van der Waals surface area contributed by atoms with Crippen molar-refractivity contribution in [2.75, 3.05) is 6.61 Å². The summed E-state index contributed by atoms with van der Waals surface area (Å²) in [4.78, 5) is 27.5. The minimum Gasteiger partial charge on any atom is -0.504 e. The molecule has 1 saturated carbocycles. The average molecular weight is 536 g/mol. The van der Waals surface area contributed by atoms with Gasteiger partial charge >= 0.3 is 5.97 Å². The van der Waals surface area contributed by atoms with Crippen LogP contribution in [0.4, 0.5) is 0 Å². The van der Waals surface area contributed by atoms with E-state index in [1.165, 1.54) is 0 Å².